The van der Waals surface area contributed by atoms with Gasteiger partial charge in [0.25, 0.3) is 0 Å². The highest BCUT2D eigenvalue weighted by atomic mass is 19.1. The molecular formula is C14H19F2N5O. The smallest absolute Gasteiger partial charge is 0.137 e. The Morgan fingerprint density at radius 1 is 1.45 bits per heavy atom. The Bertz CT molecular complexity index is 607. The van der Waals surface area contributed by atoms with E-state index in [2.05, 4.69) is 15.4 Å². The van der Waals surface area contributed by atoms with Crippen LogP contribution in [0.15, 0.2) is 30.9 Å². The van der Waals surface area contributed by atoms with Crippen LogP contribution < -0.4 is 11.1 Å². The van der Waals surface area contributed by atoms with E-state index in [9.17, 15) is 13.9 Å². The van der Waals surface area contributed by atoms with Crippen LogP contribution in [0.1, 0.15) is 12.5 Å². The molecular weight excluding hydrogens is 292 g/mol. The molecule has 1 aromatic heterocycles. The summed E-state index contributed by atoms with van der Waals surface area (Å²) in [4.78, 5) is 3.80. The van der Waals surface area contributed by atoms with Crippen molar-refractivity contribution in [3.8, 4) is 0 Å². The molecule has 0 fully saturated rings. The van der Waals surface area contributed by atoms with Crippen LogP contribution in [0.25, 0.3) is 0 Å². The average Bonchev–Trinajstić information content (AvgIpc) is 2.97. The average molecular weight is 311 g/mol. The van der Waals surface area contributed by atoms with E-state index < -0.39 is 23.3 Å². The van der Waals surface area contributed by atoms with Crippen LogP contribution in [0, 0.1) is 11.6 Å². The van der Waals surface area contributed by atoms with Crippen LogP contribution in [-0.2, 0) is 12.1 Å². The first-order chi connectivity index (χ1) is 10.5. The van der Waals surface area contributed by atoms with E-state index in [1.807, 2.05) is 0 Å². The summed E-state index contributed by atoms with van der Waals surface area (Å²) in [6.07, 6.45) is 2.74. The first-order valence-electron chi connectivity index (χ1n) is 6.91. The van der Waals surface area contributed by atoms with Crippen molar-refractivity contribution in [2.24, 2.45) is 5.73 Å². The minimum absolute atomic E-state index is 0.0126. The lowest BCUT2D eigenvalue weighted by Crippen LogP contribution is -2.51. The number of nitrogens with one attached hydrogen (secondary N) is 1. The zero-order chi connectivity index (χ0) is 16.2. The van der Waals surface area contributed by atoms with Crippen LogP contribution in [0.3, 0.4) is 0 Å². The SMILES string of the molecule is CC(NCCN)C(O)(Cn1cncn1)c1ccc(F)cc1F. The number of hydrogen-bond acceptors (Lipinski definition) is 5. The summed E-state index contributed by atoms with van der Waals surface area (Å²) in [5.41, 5.74) is 3.80. The number of nitrogens with zero attached hydrogens (tertiary/aromatic N) is 3. The molecule has 1 aromatic carbocycles. The Morgan fingerprint density at radius 2 is 2.23 bits per heavy atom. The van der Waals surface area contributed by atoms with Gasteiger partial charge in [-0.15, -0.1) is 0 Å². The monoisotopic (exact) mass is 311 g/mol. The summed E-state index contributed by atoms with van der Waals surface area (Å²) in [5.74, 6) is -1.52. The number of hydrogen-bond donors (Lipinski definition) is 3. The molecule has 6 nitrogen and oxygen atoms in total. The third kappa shape index (κ3) is 3.46. The fraction of sp³-hybridized carbons (Fsp3) is 0.429. The quantitative estimate of drug-likeness (QED) is 0.688. The van der Waals surface area contributed by atoms with Gasteiger partial charge in [-0.1, -0.05) is 6.07 Å². The van der Waals surface area contributed by atoms with Gasteiger partial charge in [-0.2, -0.15) is 5.10 Å². The van der Waals surface area contributed by atoms with Gasteiger partial charge in [0.2, 0.25) is 0 Å². The van der Waals surface area contributed by atoms with Crippen molar-refractivity contribution >= 4 is 0 Å². The summed E-state index contributed by atoms with van der Waals surface area (Å²) < 4.78 is 28.7. The molecule has 22 heavy (non-hydrogen) atoms. The first-order valence-corrected chi connectivity index (χ1v) is 6.91. The summed E-state index contributed by atoms with van der Waals surface area (Å²) >= 11 is 0. The molecule has 2 unspecified atom stereocenters. The number of halogens is 2. The lowest BCUT2D eigenvalue weighted by Gasteiger charge is -2.35. The Kier molecular flexibility index (Phi) is 5.17. The highest BCUT2D eigenvalue weighted by molar-refractivity contribution is 5.27. The first kappa shape index (κ1) is 16.5. The van der Waals surface area contributed by atoms with Gasteiger partial charge in [0.1, 0.15) is 29.9 Å². The van der Waals surface area contributed by atoms with Gasteiger partial charge >= 0.3 is 0 Å². The normalized spacial score (nSPS) is 15.5. The Labute approximate surface area is 127 Å². The number of aliphatic hydroxyl groups is 1. The standard InChI is InChI=1S/C14H19F2N5O/c1-10(19-5-4-17)14(22,7-21-9-18-8-20-21)12-3-2-11(15)6-13(12)16/h2-3,6,8-10,19,22H,4-5,7,17H2,1H3. The molecule has 0 radical (unpaired) electrons. The van der Waals surface area contributed by atoms with E-state index in [1.54, 1.807) is 6.92 Å². The number of aromatic nitrogens is 3. The second-order valence-electron chi connectivity index (χ2n) is 5.11. The van der Waals surface area contributed by atoms with Crippen molar-refractivity contribution in [2.75, 3.05) is 13.1 Å². The van der Waals surface area contributed by atoms with E-state index in [-0.39, 0.29) is 12.1 Å². The predicted octanol–water partition coefficient (Wildman–Crippen LogP) is 0.381. The summed E-state index contributed by atoms with van der Waals surface area (Å²) in [7, 11) is 0. The third-order valence-corrected chi connectivity index (χ3v) is 3.58. The molecule has 0 amide bonds. The fourth-order valence-electron chi connectivity index (χ4n) is 2.33. The molecule has 0 aliphatic rings. The number of rotatable bonds is 7. The zero-order valence-corrected chi connectivity index (χ0v) is 12.2. The Balaban J connectivity index is 2.39. The minimum atomic E-state index is -1.64. The van der Waals surface area contributed by atoms with Crippen LogP contribution >= 0.6 is 0 Å². The van der Waals surface area contributed by atoms with Gasteiger partial charge in [-0.05, 0) is 13.0 Å². The molecule has 0 spiro atoms. The Morgan fingerprint density at radius 3 is 2.82 bits per heavy atom. The van der Waals surface area contributed by atoms with E-state index in [0.717, 1.165) is 12.1 Å². The van der Waals surface area contributed by atoms with Crippen molar-refractivity contribution in [1.82, 2.24) is 20.1 Å². The minimum Gasteiger partial charge on any atom is -0.381 e. The largest absolute Gasteiger partial charge is 0.381 e. The molecule has 2 atom stereocenters. The van der Waals surface area contributed by atoms with Gasteiger partial charge in [-0.25, -0.2) is 18.4 Å². The van der Waals surface area contributed by atoms with Gasteiger partial charge in [-0.3, -0.25) is 0 Å². The number of benzene rings is 1. The van der Waals surface area contributed by atoms with Crippen molar-refractivity contribution in [2.45, 2.75) is 25.1 Å². The molecule has 2 aromatic rings. The maximum Gasteiger partial charge on any atom is 0.137 e. The third-order valence-electron chi connectivity index (χ3n) is 3.58. The van der Waals surface area contributed by atoms with Crippen molar-refractivity contribution < 1.29 is 13.9 Å². The van der Waals surface area contributed by atoms with Crippen LogP contribution in [-0.4, -0.2) is 39.0 Å². The van der Waals surface area contributed by atoms with Crippen LogP contribution in [0.2, 0.25) is 0 Å². The Hall–Kier alpha value is -1.90. The molecule has 8 heteroatoms. The fourth-order valence-corrected chi connectivity index (χ4v) is 2.33. The van der Waals surface area contributed by atoms with Crippen molar-refractivity contribution in [1.29, 1.82) is 0 Å². The molecule has 0 saturated carbocycles. The summed E-state index contributed by atoms with van der Waals surface area (Å²) in [6, 6.07) is 2.56. The second-order valence-corrected chi connectivity index (χ2v) is 5.11. The maximum absolute atomic E-state index is 14.2. The van der Waals surface area contributed by atoms with Crippen LogP contribution in [0.4, 0.5) is 8.78 Å². The summed E-state index contributed by atoms with van der Waals surface area (Å²) in [5, 5.41) is 18.0. The summed E-state index contributed by atoms with van der Waals surface area (Å²) in [6.45, 7) is 2.49. The maximum atomic E-state index is 14.2. The lowest BCUT2D eigenvalue weighted by molar-refractivity contribution is -0.0197. The van der Waals surface area contributed by atoms with E-state index in [0.29, 0.717) is 13.1 Å². The van der Waals surface area contributed by atoms with Gasteiger partial charge in [0, 0.05) is 30.8 Å². The van der Waals surface area contributed by atoms with E-state index >= 15 is 0 Å². The topological polar surface area (TPSA) is 89.0 Å². The van der Waals surface area contributed by atoms with Gasteiger partial charge in [0.05, 0.1) is 6.54 Å². The molecule has 0 aliphatic heterocycles. The molecule has 4 N–H and O–H groups in total. The molecule has 0 saturated heterocycles. The van der Waals surface area contributed by atoms with Gasteiger partial charge in [0.15, 0.2) is 0 Å². The van der Waals surface area contributed by atoms with Gasteiger partial charge < -0.3 is 16.2 Å². The molecule has 1 heterocycles. The van der Waals surface area contributed by atoms with Crippen molar-refractivity contribution in [3.63, 3.8) is 0 Å². The van der Waals surface area contributed by atoms with Crippen LogP contribution in [0.5, 0.6) is 0 Å². The van der Waals surface area contributed by atoms with Crippen molar-refractivity contribution in [3.05, 3.63) is 48.1 Å². The molecule has 0 aliphatic carbocycles. The molecule has 120 valence electrons. The molecule has 0 bridgehead atoms. The zero-order valence-electron chi connectivity index (χ0n) is 12.2. The second kappa shape index (κ2) is 6.91. The van der Waals surface area contributed by atoms with E-state index in [4.69, 9.17) is 5.73 Å². The highest BCUT2D eigenvalue weighted by Gasteiger charge is 2.38. The highest BCUT2D eigenvalue weighted by Crippen LogP contribution is 2.29. The number of nitrogens with two attached hydrogens (primary N) is 1. The predicted molar refractivity (Wildman–Crippen MR) is 76.8 cm³/mol. The van der Waals surface area contributed by atoms with E-state index in [1.165, 1.54) is 23.4 Å². The lowest BCUT2D eigenvalue weighted by atomic mass is 9.86. The molecule has 2 rings (SSSR count).